The Morgan fingerprint density at radius 3 is 2.26 bits per heavy atom. The lowest BCUT2D eigenvalue weighted by molar-refractivity contribution is 0.375. The first-order chi connectivity index (χ1) is 13.2. The second-order valence-electron chi connectivity index (χ2n) is 6.52. The van der Waals surface area contributed by atoms with Gasteiger partial charge in [0.1, 0.15) is 18.1 Å². The fourth-order valence-corrected chi connectivity index (χ4v) is 3.00. The average molecular weight is 356 g/mol. The lowest BCUT2D eigenvalue weighted by Crippen LogP contribution is -2.16. The van der Waals surface area contributed by atoms with Gasteiger partial charge in [0.05, 0.1) is 22.8 Å². The van der Waals surface area contributed by atoms with E-state index >= 15 is 0 Å². The zero-order valence-corrected chi connectivity index (χ0v) is 15.1. The molecule has 1 N–H and O–H groups in total. The molecular formula is C23H20N2O2. The molecule has 0 aromatic heterocycles. The van der Waals surface area contributed by atoms with E-state index in [0.29, 0.717) is 13.0 Å². The van der Waals surface area contributed by atoms with Gasteiger partial charge >= 0.3 is 0 Å². The summed E-state index contributed by atoms with van der Waals surface area (Å²) in [6.07, 6.45) is 0.512. The number of hydrogen-bond donors (Lipinski definition) is 1. The van der Waals surface area contributed by atoms with Gasteiger partial charge in [0, 0.05) is 12.0 Å². The van der Waals surface area contributed by atoms with E-state index in [-0.39, 0.29) is 5.75 Å². The van der Waals surface area contributed by atoms with E-state index < -0.39 is 0 Å². The van der Waals surface area contributed by atoms with Crippen LogP contribution < -0.4 is 4.74 Å². The normalized spacial score (nSPS) is 13.2. The summed E-state index contributed by atoms with van der Waals surface area (Å²) in [7, 11) is 0. The zero-order valence-electron chi connectivity index (χ0n) is 15.1. The highest BCUT2D eigenvalue weighted by atomic mass is 16.5. The molecule has 4 nitrogen and oxygen atoms in total. The Morgan fingerprint density at radius 1 is 0.852 bits per heavy atom. The van der Waals surface area contributed by atoms with Crippen molar-refractivity contribution >= 4 is 22.8 Å². The third-order valence-electron chi connectivity index (χ3n) is 4.43. The topological polar surface area (TPSA) is 54.2 Å². The monoisotopic (exact) mass is 356 g/mol. The molecule has 1 heterocycles. The third kappa shape index (κ3) is 3.90. The standard InChI is InChI=1S/C23H20N2O2/c1-16-10-12-18(13-11-16)27-15-17-14-22(19-6-2-5-9-23(19)26)25-21-8-4-3-7-20(21)24-17/h2-13,26H,14-15H2,1H3. The molecule has 1 aliphatic rings. The van der Waals surface area contributed by atoms with Gasteiger partial charge < -0.3 is 9.84 Å². The number of rotatable bonds is 4. The second kappa shape index (κ2) is 7.46. The highest BCUT2D eigenvalue weighted by Crippen LogP contribution is 2.32. The average Bonchev–Trinajstić information content (AvgIpc) is 2.87. The van der Waals surface area contributed by atoms with Gasteiger partial charge in [-0.25, -0.2) is 0 Å². The Hall–Kier alpha value is -3.40. The van der Waals surface area contributed by atoms with E-state index in [0.717, 1.165) is 34.1 Å². The summed E-state index contributed by atoms with van der Waals surface area (Å²) in [5, 5.41) is 10.3. The van der Waals surface area contributed by atoms with E-state index in [1.165, 1.54) is 5.56 Å². The molecule has 0 saturated heterocycles. The van der Waals surface area contributed by atoms with Crippen molar-refractivity contribution in [1.29, 1.82) is 0 Å². The summed E-state index contributed by atoms with van der Waals surface area (Å²) >= 11 is 0. The van der Waals surface area contributed by atoms with Crippen molar-refractivity contribution in [3.05, 3.63) is 83.9 Å². The molecule has 1 aliphatic heterocycles. The molecule has 27 heavy (non-hydrogen) atoms. The molecule has 0 fully saturated rings. The fourth-order valence-electron chi connectivity index (χ4n) is 3.00. The van der Waals surface area contributed by atoms with Crippen LogP contribution in [-0.2, 0) is 0 Å². The first-order valence-electron chi connectivity index (χ1n) is 8.90. The molecule has 0 aliphatic carbocycles. The van der Waals surface area contributed by atoms with Crippen LogP contribution in [0.5, 0.6) is 11.5 Å². The Bertz CT molecular complexity index is 1020. The molecule has 3 aromatic rings. The van der Waals surface area contributed by atoms with Gasteiger partial charge in [0.25, 0.3) is 0 Å². The molecule has 0 atom stereocenters. The minimum absolute atomic E-state index is 0.217. The third-order valence-corrected chi connectivity index (χ3v) is 4.43. The number of benzene rings is 3. The van der Waals surface area contributed by atoms with Gasteiger partial charge in [-0.05, 0) is 43.3 Å². The molecule has 0 bridgehead atoms. The van der Waals surface area contributed by atoms with Crippen molar-refractivity contribution in [2.24, 2.45) is 9.98 Å². The van der Waals surface area contributed by atoms with Crippen molar-refractivity contribution in [3.8, 4) is 11.5 Å². The van der Waals surface area contributed by atoms with Gasteiger partial charge in [-0.15, -0.1) is 0 Å². The Morgan fingerprint density at radius 2 is 1.52 bits per heavy atom. The Kier molecular flexibility index (Phi) is 4.71. The first kappa shape index (κ1) is 17.0. The van der Waals surface area contributed by atoms with Gasteiger partial charge in [0.2, 0.25) is 0 Å². The SMILES string of the molecule is Cc1ccc(OCC2=Nc3ccccc3N=C(c3ccccc3O)C2)cc1. The van der Waals surface area contributed by atoms with Crippen molar-refractivity contribution in [1.82, 2.24) is 0 Å². The smallest absolute Gasteiger partial charge is 0.127 e. The van der Waals surface area contributed by atoms with Crippen molar-refractivity contribution in [3.63, 3.8) is 0 Å². The summed E-state index contributed by atoms with van der Waals surface area (Å²) < 4.78 is 5.94. The van der Waals surface area contributed by atoms with Crippen LogP contribution in [-0.4, -0.2) is 23.1 Å². The van der Waals surface area contributed by atoms with Gasteiger partial charge in [-0.1, -0.05) is 42.0 Å². The predicted octanol–water partition coefficient (Wildman–Crippen LogP) is 5.38. The molecule has 4 rings (SSSR count). The Labute approximate surface area is 158 Å². The van der Waals surface area contributed by atoms with Crippen LogP contribution in [0, 0.1) is 6.92 Å². The maximum absolute atomic E-state index is 10.3. The number of phenolic OH excluding ortho intramolecular Hbond substituents is 1. The Balaban J connectivity index is 1.66. The fraction of sp³-hybridized carbons (Fsp3) is 0.130. The van der Waals surface area contributed by atoms with Crippen LogP contribution in [0.4, 0.5) is 11.4 Å². The summed E-state index contributed by atoms with van der Waals surface area (Å²) in [4.78, 5) is 9.55. The number of fused-ring (bicyclic) bond motifs is 1. The highest BCUT2D eigenvalue weighted by Gasteiger charge is 2.17. The summed E-state index contributed by atoms with van der Waals surface area (Å²) in [5.74, 6) is 1.02. The van der Waals surface area contributed by atoms with Crippen molar-refractivity contribution < 1.29 is 9.84 Å². The molecule has 0 unspecified atom stereocenters. The molecule has 0 saturated carbocycles. The molecule has 3 aromatic carbocycles. The van der Waals surface area contributed by atoms with Crippen LogP contribution in [0.2, 0.25) is 0 Å². The number of ether oxygens (including phenoxy) is 1. The summed E-state index contributed by atoms with van der Waals surface area (Å²) in [6.45, 7) is 2.41. The lowest BCUT2D eigenvalue weighted by atomic mass is 10.0. The van der Waals surface area contributed by atoms with Crippen LogP contribution in [0.15, 0.2) is 82.8 Å². The van der Waals surface area contributed by atoms with Crippen LogP contribution in [0.25, 0.3) is 0 Å². The number of aromatic hydroxyl groups is 1. The van der Waals surface area contributed by atoms with Crippen LogP contribution >= 0.6 is 0 Å². The van der Waals surface area contributed by atoms with Gasteiger partial charge in [-0.3, -0.25) is 9.98 Å². The molecule has 0 amide bonds. The number of phenols is 1. The van der Waals surface area contributed by atoms with E-state index in [2.05, 4.69) is 0 Å². The number of aryl methyl sites for hydroxylation is 1. The van der Waals surface area contributed by atoms with E-state index in [1.54, 1.807) is 12.1 Å². The molecular weight excluding hydrogens is 336 g/mol. The van der Waals surface area contributed by atoms with Gasteiger partial charge in [-0.2, -0.15) is 0 Å². The molecule has 0 radical (unpaired) electrons. The minimum atomic E-state index is 0.217. The summed E-state index contributed by atoms with van der Waals surface area (Å²) in [5.41, 5.74) is 5.16. The summed E-state index contributed by atoms with van der Waals surface area (Å²) in [6, 6.07) is 23.0. The molecule has 4 heteroatoms. The largest absolute Gasteiger partial charge is 0.507 e. The number of nitrogens with zero attached hydrogens (tertiary/aromatic N) is 2. The van der Waals surface area contributed by atoms with E-state index in [4.69, 9.17) is 14.7 Å². The van der Waals surface area contributed by atoms with Crippen LogP contribution in [0.1, 0.15) is 17.5 Å². The quantitative estimate of drug-likeness (QED) is 0.682. The van der Waals surface area contributed by atoms with E-state index in [1.807, 2.05) is 67.6 Å². The molecule has 0 spiro atoms. The lowest BCUT2D eigenvalue weighted by Gasteiger charge is -2.11. The van der Waals surface area contributed by atoms with Crippen molar-refractivity contribution in [2.75, 3.05) is 6.61 Å². The molecule has 134 valence electrons. The zero-order chi connectivity index (χ0) is 18.6. The number of para-hydroxylation sites is 3. The first-order valence-corrected chi connectivity index (χ1v) is 8.90. The van der Waals surface area contributed by atoms with Crippen LogP contribution in [0.3, 0.4) is 0 Å². The number of hydrogen-bond acceptors (Lipinski definition) is 4. The predicted molar refractivity (Wildman–Crippen MR) is 109 cm³/mol. The minimum Gasteiger partial charge on any atom is -0.507 e. The maximum atomic E-state index is 10.3. The number of aliphatic imine (C=N–C) groups is 2. The van der Waals surface area contributed by atoms with Crippen molar-refractivity contribution in [2.45, 2.75) is 13.3 Å². The maximum Gasteiger partial charge on any atom is 0.127 e. The second-order valence-corrected chi connectivity index (χ2v) is 6.52. The van der Waals surface area contributed by atoms with E-state index in [9.17, 15) is 5.11 Å². The van der Waals surface area contributed by atoms with Gasteiger partial charge in [0.15, 0.2) is 0 Å². The highest BCUT2D eigenvalue weighted by molar-refractivity contribution is 6.16.